The second-order valence-corrected chi connectivity index (χ2v) is 6.82. The van der Waals surface area contributed by atoms with Crippen LogP contribution in [-0.4, -0.2) is 51.6 Å². The molecule has 1 aliphatic rings. The van der Waals surface area contributed by atoms with Gasteiger partial charge in [-0.05, 0) is 35.7 Å². The molecular formula is C17H19N5OS. The van der Waals surface area contributed by atoms with Gasteiger partial charge in [0.05, 0.1) is 16.2 Å². The van der Waals surface area contributed by atoms with Crippen molar-refractivity contribution in [3.8, 4) is 0 Å². The molecule has 1 aliphatic heterocycles. The molecule has 0 unspecified atom stereocenters. The van der Waals surface area contributed by atoms with E-state index in [1.165, 1.54) is 11.3 Å². The minimum absolute atomic E-state index is 0.00942. The van der Waals surface area contributed by atoms with Gasteiger partial charge >= 0.3 is 6.03 Å². The maximum Gasteiger partial charge on any atom is 0.322 e. The molecule has 0 aliphatic carbocycles. The minimum Gasteiger partial charge on any atom is -0.322 e. The third-order valence-corrected chi connectivity index (χ3v) is 5.00. The molecular weight excluding hydrogens is 322 g/mol. The van der Waals surface area contributed by atoms with Gasteiger partial charge in [0.1, 0.15) is 0 Å². The fraction of sp³-hybridized carbons (Fsp3) is 0.294. The molecule has 4 rings (SSSR count). The third kappa shape index (κ3) is 3.27. The highest BCUT2D eigenvalue weighted by Crippen LogP contribution is 2.16. The number of piperazine rings is 1. The van der Waals surface area contributed by atoms with Crippen LogP contribution in [0, 0.1) is 0 Å². The average molecular weight is 341 g/mol. The van der Waals surface area contributed by atoms with Crippen LogP contribution in [0.5, 0.6) is 0 Å². The number of pyridine rings is 1. The van der Waals surface area contributed by atoms with Crippen molar-refractivity contribution in [3.63, 3.8) is 0 Å². The first-order valence-corrected chi connectivity index (χ1v) is 8.91. The molecule has 0 saturated carbocycles. The number of aromatic nitrogens is 2. The molecule has 0 bridgehead atoms. The first kappa shape index (κ1) is 15.2. The van der Waals surface area contributed by atoms with Gasteiger partial charge in [-0.15, -0.1) is 11.3 Å². The molecule has 0 aromatic carbocycles. The van der Waals surface area contributed by atoms with Crippen molar-refractivity contribution in [2.45, 2.75) is 6.54 Å². The van der Waals surface area contributed by atoms with Crippen LogP contribution in [0.15, 0.2) is 48.0 Å². The normalized spacial score (nSPS) is 15.8. The molecule has 1 fully saturated rings. The molecule has 124 valence electrons. The molecule has 0 spiro atoms. The number of nitrogens with zero attached hydrogens (tertiary/aromatic N) is 4. The van der Waals surface area contributed by atoms with Crippen molar-refractivity contribution in [3.05, 3.63) is 53.7 Å². The summed E-state index contributed by atoms with van der Waals surface area (Å²) < 4.78 is 1.90. The molecule has 6 nitrogen and oxygen atoms in total. The van der Waals surface area contributed by atoms with Crippen LogP contribution in [-0.2, 0) is 6.54 Å². The first-order valence-electron chi connectivity index (χ1n) is 8.03. The number of urea groups is 1. The summed E-state index contributed by atoms with van der Waals surface area (Å²) in [5, 5.41) is 10.4. The fourth-order valence-electron chi connectivity index (χ4n) is 2.94. The number of nitrogens with one attached hydrogen (secondary N) is 1. The van der Waals surface area contributed by atoms with Crippen molar-refractivity contribution in [2.24, 2.45) is 0 Å². The Kier molecular flexibility index (Phi) is 4.18. The number of amides is 2. The van der Waals surface area contributed by atoms with Crippen LogP contribution in [0.1, 0.15) is 5.69 Å². The zero-order valence-electron chi connectivity index (χ0n) is 13.3. The highest BCUT2D eigenvalue weighted by Gasteiger charge is 2.21. The second kappa shape index (κ2) is 6.62. The first-order chi connectivity index (χ1) is 11.8. The molecule has 4 heterocycles. The van der Waals surface area contributed by atoms with E-state index in [9.17, 15) is 4.79 Å². The van der Waals surface area contributed by atoms with Gasteiger partial charge < -0.3 is 4.90 Å². The van der Waals surface area contributed by atoms with Gasteiger partial charge in [0.15, 0.2) is 0 Å². The Hall–Kier alpha value is -2.38. The van der Waals surface area contributed by atoms with Gasteiger partial charge in [0, 0.05) is 38.9 Å². The average Bonchev–Trinajstić information content (AvgIpc) is 3.24. The summed E-state index contributed by atoms with van der Waals surface area (Å²) in [6.07, 6.45) is 1.96. The third-order valence-electron chi connectivity index (χ3n) is 4.22. The number of thiophene rings is 1. The number of carbonyl (C=O) groups excluding carboxylic acids is 1. The lowest BCUT2D eigenvalue weighted by Gasteiger charge is -2.34. The van der Waals surface area contributed by atoms with Gasteiger partial charge in [-0.2, -0.15) is 5.10 Å². The predicted molar refractivity (Wildman–Crippen MR) is 95.4 cm³/mol. The van der Waals surface area contributed by atoms with E-state index in [1.54, 1.807) is 0 Å². The number of hydrogen-bond acceptors (Lipinski definition) is 4. The SMILES string of the molecule is O=C(Nc1cccs1)N1CCN(Cc2cc3ccccn3n2)CC1. The smallest absolute Gasteiger partial charge is 0.322 e. The molecule has 1 N–H and O–H groups in total. The summed E-state index contributed by atoms with van der Waals surface area (Å²) >= 11 is 1.54. The van der Waals surface area contributed by atoms with Crippen LogP contribution in [0.2, 0.25) is 0 Å². The van der Waals surface area contributed by atoms with E-state index in [0.717, 1.165) is 48.9 Å². The van der Waals surface area contributed by atoms with Crippen molar-refractivity contribution in [2.75, 3.05) is 31.5 Å². The van der Waals surface area contributed by atoms with Crippen molar-refractivity contribution < 1.29 is 4.79 Å². The van der Waals surface area contributed by atoms with Crippen LogP contribution >= 0.6 is 11.3 Å². The van der Waals surface area contributed by atoms with Crippen molar-refractivity contribution >= 4 is 27.9 Å². The maximum atomic E-state index is 12.2. The standard InChI is InChI=1S/C17H19N5OS/c23-17(18-16-5-3-11-24-16)21-9-7-20(8-10-21)13-14-12-15-4-1-2-6-22(15)19-14/h1-6,11-12H,7-10,13H2,(H,18,23). The van der Waals surface area contributed by atoms with Crippen LogP contribution in [0.4, 0.5) is 9.80 Å². The Morgan fingerprint density at radius 3 is 2.79 bits per heavy atom. The predicted octanol–water partition coefficient (Wildman–Crippen LogP) is 2.75. The summed E-state index contributed by atoms with van der Waals surface area (Å²) in [7, 11) is 0. The molecule has 0 radical (unpaired) electrons. The molecule has 2 amide bonds. The Labute approximate surface area is 144 Å². The van der Waals surface area contributed by atoms with Gasteiger partial charge in [0.25, 0.3) is 0 Å². The Balaban J connectivity index is 1.31. The second-order valence-electron chi connectivity index (χ2n) is 5.88. The monoisotopic (exact) mass is 341 g/mol. The van der Waals surface area contributed by atoms with Gasteiger partial charge in [-0.25, -0.2) is 9.31 Å². The van der Waals surface area contributed by atoms with Gasteiger partial charge in [0.2, 0.25) is 0 Å². The number of fused-ring (bicyclic) bond motifs is 1. The largest absolute Gasteiger partial charge is 0.322 e. The molecule has 3 aromatic rings. The zero-order valence-corrected chi connectivity index (χ0v) is 14.1. The van der Waals surface area contributed by atoms with Crippen molar-refractivity contribution in [1.82, 2.24) is 19.4 Å². The Morgan fingerprint density at radius 2 is 2.04 bits per heavy atom. The molecule has 1 saturated heterocycles. The topological polar surface area (TPSA) is 52.9 Å². The van der Waals surface area contributed by atoms with Crippen LogP contribution < -0.4 is 5.32 Å². The lowest BCUT2D eigenvalue weighted by Crippen LogP contribution is -2.49. The van der Waals surface area contributed by atoms with E-state index in [2.05, 4.69) is 27.4 Å². The van der Waals surface area contributed by atoms with Gasteiger partial charge in [-0.1, -0.05) is 6.07 Å². The van der Waals surface area contributed by atoms with E-state index in [1.807, 2.05) is 45.3 Å². The van der Waals surface area contributed by atoms with E-state index in [4.69, 9.17) is 0 Å². The summed E-state index contributed by atoms with van der Waals surface area (Å²) in [4.78, 5) is 16.5. The van der Waals surface area contributed by atoms with Crippen LogP contribution in [0.3, 0.4) is 0 Å². The highest BCUT2D eigenvalue weighted by atomic mass is 32.1. The quantitative estimate of drug-likeness (QED) is 0.797. The minimum atomic E-state index is -0.00942. The lowest BCUT2D eigenvalue weighted by atomic mass is 10.3. The summed E-state index contributed by atoms with van der Waals surface area (Å²) in [5.74, 6) is 0. The lowest BCUT2D eigenvalue weighted by molar-refractivity contribution is 0.142. The van der Waals surface area contributed by atoms with Crippen molar-refractivity contribution in [1.29, 1.82) is 0 Å². The molecule has 0 atom stereocenters. The van der Waals surface area contributed by atoms with E-state index in [-0.39, 0.29) is 6.03 Å². The summed E-state index contributed by atoms with van der Waals surface area (Å²) in [6, 6.07) is 12.0. The number of carbonyl (C=O) groups is 1. The van der Waals surface area contributed by atoms with Crippen LogP contribution in [0.25, 0.3) is 5.52 Å². The number of rotatable bonds is 3. The highest BCUT2D eigenvalue weighted by molar-refractivity contribution is 7.14. The van der Waals surface area contributed by atoms with E-state index >= 15 is 0 Å². The number of anilines is 1. The molecule has 24 heavy (non-hydrogen) atoms. The summed E-state index contributed by atoms with van der Waals surface area (Å²) in [6.45, 7) is 4.04. The van der Waals surface area contributed by atoms with E-state index < -0.39 is 0 Å². The zero-order chi connectivity index (χ0) is 16.4. The Bertz CT molecular complexity index is 788. The molecule has 7 heteroatoms. The summed E-state index contributed by atoms with van der Waals surface area (Å²) in [5.41, 5.74) is 2.18. The molecule has 3 aromatic heterocycles. The van der Waals surface area contributed by atoms with Gasteiger partial charge in [-0.3, -0.25) is 10.2 Å². The maximum absolute atomic E-state index is 12.2. The Morgan fingerprint density at radius 1 is 1.17 bits per heavy atom. The number of hydrogen-bond donors (Lipinski definition) is 1. The fourth-order valence-corrected chi connectivity index (χ4v) is 3.55. The van der Waals surface area contributed by atoms with E-state index in [0.29, 0.717) is 0 Å².